The van der Waals surface area contributed by atoms with Crippen LogP contribution in [0.3, 0.4) is 0 Å². The van der Waals surface area contributed by atoms with Crippen LogP contribution in [0.4, 0.5) is 29.1 Å². The number of likely N-dealkylation sites (tertiary alicyclic amines) is 1. The average molecular weight is 534 g/mol. The minimum absolute atomic E-state index is 0.0245. The SMILES string of the molecule is Cc1nc(CN2CCC(N(C)c3cc(F)c(S(=O)(=O)Nc4cscn4)cc3C)C2)c(C(F)(F)F)o1. The number of nitrogens with one attached hydrogen (secondary N) is 1. The summed E-state index contributed by atoms with van der Waals surface area (Å²) in [6.45, 7) is 3.96. The molecule has 0 saturated carbocycles. The lowest BCUT2D eigenvalue weighted by molar-refractivity contribution is -0.154. The third kappa shape index (κ3) is 5.43. The molecule has 0 bridgehead atoms. The van der Waals surface area contributed by atoms with E-state index in [0.717, 1.165) is 6.07 Å². The number of thiazole rings is 1. The van der Waals surface area contributed by atoms with Crippen molar-refractivity contribution >= 4 is 32.9 Å². The van der Waals surface area contributed by atoms with Gasteiger partial charge in [0.05, 0.1) is 5.51 Å². The van der Waals surface area contributed by atoms with Crippen LogP contribution in [0.2, 0.25) is 0 Å². The van der Waals surface area contributed by atoms with Gasteiger partial charge in [0.1, 0.15) is 16.4 Å². The summed E-state index contributed by atoms with van der Waals surface area (Å²) in [5.41, 5.74) is 2.33. The maximum absolute atomic E-state index is 14.9. The van der Waals surface area contributed by atoms with Crippen molar-refractivity contribution in [2.75, 3.05) is 29.8 Å². The van der Waals surface area contributed by atoms with E-state index < -0.39 is 32.7 Å². The van der Waals surface area contributed by atoms with E-state index in [0.29, 0.717) is 30.8 Å². The second kappa shape index (κ2) is 9.39. The van der Waals surface area contributed by atoms with Crippen LogP contribution < -0.4 is 9.62 Å². The standard InChI is InChI=1S/C21H23F4N5O3S2/c1-12-6-18(35(31,32)28-19-10-34-11-26-19)15(22)7-17(12)29(3)14-4-5-30(8-14)9-16-20(21(23,24)25)33-13(2)27-16/h6-7,10-11,14,28H,4-5,8-9H2,1-3H3. The van der Waals surface area contributed by atoms with Crippen molar-refractivity contribution in [1.82, 2.24) is 14.9 Å². The fraction of sp³-hybridized carbons (Fsp3) is 0.429. The molecular formula is C21H23F4N5O3S2. The molecule has 1 saturated heterocycles. The Hall–Kier alpha value is -2.71. The second-order valence-electron chi connectivity index (χ2n) is 8.34. The van der Waals surface area contributed by atoms with Gasteiger partial charge in [-0.2, -0.15) is 13.2 Å². The molecule has 0 radical (unpaired) electrons. The molecule has 1 aliphatic heterocycles. The molecule has 1 fully saturated rings. The molecule has 3 heterocycles. The smallest absolute Gasteiger partial charge is 0.436 e. The second-order valence-corrected chi connectivity index (χ2v) is 10.7. The molecule has 1 unspecified atom stereocenters. The third-order valence-electron chi connectivity index (χ3n) is 5.82. The average Bonchev–Trinajstić information content (AvgIpc) is 3.50. The Morgan fingerprint density at radius 3 is 2.71 bits per heavy atom. The zero-order valence-electron chi connectivity index (χ0n) is 19.1. The molecule has 35 heavy (non-hydrogen) atoms. The van der Waals surface area contributed by atoms with Crippen LogP contribution in [-0.4, -0.2) is 49.5 Å². The van der Waals surface area contributed by atoms with E-state index in [2.05, 4.69) is 14.7 Å². The number of alkyl halides is 3. The first kappa shape index (κ1) is 25.4. The van der Waals surface area contributed by atoms with Crippen molar-refractivity contribution in [3.8, 4) is 0 Å². The minimum atomic E-state index is -4.63. The largest absolute Gasteiger partial charge is 0.451 e. The van der Waals surface area contributed by atoms with Crippen LogP contribution in [0, 0.1) is 19.7 Å². The highest BCUT2D eigenvalue weighted by molar-refractivity contribution is 7.92. The molecule has 0 aliphatic carbocycles. The van der Waals surface area contributed by atoms with E-state index in [4.69, 9.17) is 4.42 Å². The third-order valence-corrected chi connectivity index (χ3v) is 7.78. The van der Waals surface area contributed by atoms with Gasteiger partial charge in [0, 0.05) is 50.7 Å². The number of nitrogens with zero attached hydrogens (tertiary/aromatic N) is 4. The number of sulfonamides is 1. The van der Waals surface area contributed by atoms with Crippen molar-refractivity contribution in [1.29, 1.82) is 0 Å². The summed E-state index contributed by atoms with van der Waals surface area (Å²) in [4.78, 5) is 10.9. The molecule has 0 amide bonds. The Labute approximate surface area is 203 Å². The minimum Gasteiger partial charge on any atom is -0.436 e. The number of aryl methyl sites for hydroxylation is 2. The van der Waals surface area contributed by atoms with Crippen molar-refractivity contribution in [3.05, 3.63) is 51.7 Å². The van der Waals surface area contributed by atoms with Gasteiger partial charge in [-0.25, -0.2) is 22.8 Å². The Kier molecular flexibility index (Phi) is 6.81. The van der Waals surface area contributed by atoms with Gasteiger partial charge in [-0.1, -0.05) is 0 Å². The van der Waals surface area contributed by atoms with Crippen LogP contribution in [0.25, 0.3) is 0 Å². The molecule has 1 N–H and O–H groups in total. The molecular weight excluding hydrogens is 510 g/mol. The predicted octanol–water partition coefficient (Wildman–Crippen LogP) is 4.42. The number of rotatable bonds is 7. The van der Waals surface area contributed by atoms with Gasteiger partial charge in [-0.15, -0.1) is 11.3 Å². The summed E-state index contributed by atoms with van der Waals surface area (Å²) in [6, 6.07) is 2.30. The molecule has 8 nitrogen and oxygen atoms in total. The molecule has 2 aromatic heterocycles. The van der Waals surface area contributed by atoms with Crippen LogP contribution >= 0.6 is 11.3 Å². The van der Waals surface area contributed by atoms with Gasteiger partial charge < -0.3 is 9.32 Å². The number of anilines is 2. The molecule has 1 aliphatic rings. The molecule has 0 spiro atoms. The fourth-order valence-electron chi connectivity index (χ4n) is 4.17. The normalized spacial score (nSPS) is 17.2. The Bertz CT molecular complexity index is 1310. The van der Waals surface area contributed by atoms with E-state index >= 15 is 0 Å². The Balaban J connectivity index is 1.49. The van der Waals surface area contributed by atoms with Gasteiger partial charge in [-0.3, -0.25) is 9.62 Å². The molecule has 3 aromatic rings. The van der Waals surface area contributed by atoms with Crippen LogP contribution in [0.15, 0.2) is 32.3 Å². The first-order valence-electron chi connectivity index (χ1n) is 10.5. The summed E-state index contributed by atoms with van der Waals surface area (Å²) in [7, 11) is -2.42. The maximum atomic E-state index is 14.9. The van der Waals surface area contributed by atoms with Crippen molar-refractivity contribution < 1.29 is 30.4 Å². The van der Waals surface area contributed by atoms with Crippen LogP contribution in [-0.2, 0) is 22.7 Å². The lowest BCUT2D eigenvalue weighted by Crippen LogP contribution is -2.35. The molecule has 4 rings (SSSR count). The van der Waals surface area contributed by atoms with Gasteiger partial charge in [0.2, 0.25) is 5.76 Å². The van der Waals surface area contributed by atoms with Crippen LogP contribution in [0.1, 0.15) is 29.3 Å². The van der Waals surface area contributed by atoms with E-state index in [-0.39, 0.29) is 30.0 Å². The van der Waals surface area contributed by atoms with Gasteiger partial charge in [0.15, 0.2) is 11.7 Å². The van der Waals surface area contributed by atoms with Crippen molar-refractivity contribution in [2.45, 2.75) is 43.9 Å². The summed E-state index contributed by atoms with van der Waals surface area (Å²) in [5.74, 6) is -1.95. The molecule has 1 atom stereocenters. The van der Waals surface area contributed by atoms with E-state index in [1.165, 1.54) is 35.2 Å². The van der Waals surface area contributed by atoms with E-state index in [1.807, 2.05) is 9.80 Å². The van der Waals surface area contributed by atoms with Gasteiger partial charge >= 0.3 is 6.18 Å². The Morgan fingerprint density at radius 1 is 1.31 bits per heavy atom. The van der Waals surface area contributed by atoms with E-state index in [1.54, 1.807) is 14.0 Å². The summed E-state index contributed by atoms with van der Waals surface area (Å²) in [6.07, 6.45) is -4.00. The summed E-state index contributed by atoms with van der Waals surface area (Å²) < 4.78 is 86.8. The molecule has 14 heteroatoms. The maximum Gasteiger partial charge on any atom is 0.451 e. The van der Waals surface area contributed by atoms with Gasteiger partial charge in [0.25, 0.3) is 10.0 Å². The zero-order valence-corrected chi connectivity index (χ0v) is 20.7. The highest BCUT2D eigenvalue weighted by atomic mass is 32.2. The lowest BCUT2D eigenvalue weighted by atomic mass is 10.1. The number of oxazole rings is 1. The highest BCUT2D eigenvalue weighted by Gasteiger charge is 2.40. The van der Waals surface area contributed by atoms with Crippen molar-refractivity contribution in [3.63, 3.8) is 0 Å². The number of halogens is 4. The van der Waals surface area contributed by atoms with Crippen molar-refractivity contribution in [2.24, 2.45) is 0 Å². The zero-order chi connectivity index (χ0) is 25.5. The number of benzene rings is 1. The fourth-order valence-corrected chi connectivity index (χ4v) is 5.87. The predicted molar refractivity (Wildman–Crippen MR) is 122 cm³/mol. The van der Waals surface area contributed by atoms with Gasteiger partial charge in [-0.05, 0) is 31.0 Å². The number of likely N-dealkylation sites (N-methyl/N-ethyl adjacent to an activating group) is 1. The number of hydrogen-bond donors (Lipinski definition) is 1. The molecule has 1 aromatic carbocycles. The highest BCUT2D eigenvalue weighted by Crippen LogP contribution is 2.34. The van der Waals surface area contributed by atoms with Crippen LogP contribution in [0.5, 0.6) is 0 Å². The number of hydrogen-bond acceptors (Lipinski definition) is 8. The topological polar surface area (TPSA) is 91.6 Å². The molecule has 190 valence electrons. The first-order chi connectivity index (χ1) is 16.3. The quantitative estimate of drug-likeness (QED) is 0.450. The first-order valence-corrected chi connectivity index (χ1v) is 13.0. The lowest BCUT2D eigenvalue weighted by Gasteiger charge is -2.29. The number of aromatic nitrogens is 2. The van der Waals surface area contributed by atoms with E-state index in [9.17, 15) is 26.0 Å². The monoisotopic (exact) mass is 533 g/mol. The summed E-state index contributed by atoms with van der Waals surface area (Å²) in [5, 5.41) is 1.49. The Morgan fingerprint density at radius 2 is 2.06 bits per heavy atom. The summed E-state index contributed by atoms with van der Waals surface area (Å²) >= 11 is 1.20.